The highest BCUT2D eigenvalue weighted by atomic mass is 127. The van der Waals surface area contributed by atoms with E-state index in [1.165, 1.54) is 0 Å². The van der Waals surface area contributed by atoms with Crippen molar-refractivity contribution in [3.05, 3.63) is 87.5 Å². The number of fused-ring (bicyclic) bond motifs is 1. The molecule has 0 atom stereocenters. The number of hydrogen-bond donors (Lipinski definition) is 3. The molecule has 0 aliphatic rings. The van der Waals surface area contributed by atoms with Gasteiger partial charge in [-0.15, -0.1) is 10.2 Å². The Labute approximate surface area is 185 Å². The van der Waals surface area contributed by atoms with E-state index in [-0.39, 0.29) is 17.5 Å². The van der Waals surface area contributed by atoms with Crippen molar-refractivity contribution in [1.29, 1.82) is 0 Å². The lowest BCUT2D eigenvalue weighted by molar-refractivity contribution is 0.0993. The number of azo groups is 1. The highest BCUT2D eigenvalue weighted by molar-refractivity contribution is 14.1. The fourth-order valence-corrected chi connectivity index (χ4v) is 3.37. The van der Waals surface area contributed by atoms with Gasteiger partial charge in [0.15, 0.2) is 5.69 Å². The second-order valence-corrected chi connectivity index (χ2v) is 7.66. The number of aromatic amines is 1. The number of benzene rings is 3. The molecule has 0 bridgehead atoms. The van der Waals surface area contributed by atoms with Gasteiger partial charge in [-0.05, 0) is 77.2 Å². The monoisotopic (exact) mass is 510 g/mol. The summed E-state index contributed by atoms with van der Waals surface area (Å²) in [4.78, 5) is 27.4. The number of H-pyrrole nitrogens is 1. The van der Waals surface area contributed by atoms with Crippen LogP contribution in [0, 0.1) is 3.57 Å². The molecule has 148 valence electrons. The summed E-state index contributed by atoms with van der Waals surface area (Å²) < 4.78 is 0.968. The van der Waals surface area contributed by atoms with Crippen LogP contribution in [0.15, 0.2) is 83.0 Å². The molecule has 3 N–H and O–H groups in total. The summed E-state index contributed by atoms with van der Waals surface area (Å²) in [6.45, 7) is 0. The third-order valence-electron chi connectivity index (χ3n) is 4.38. The molecule has 7 nitrogen and oxygen atoms in total. The number of aromatic hydroxyl groups is 1. The number of amides is 2. The van der Waals surface area contributed by atoms with Gasteiger partial charge in [-0.3, -0.25) is 9.59 Å². The third kappa shape index (κ3) is 4.23. The number of carbonyl (C=O) groups is 2. The van der Waals surface area contributed by atoms with Crippen LogP contribution in [0.25, 0.3) is 10.9 Å². The average Bonchev–Trinajstić information content (AvgIpc) is 3.07. The molecule has 3 aromatic carbocycles. The molecule has 0 saturated carbocycles. The maximum Gasteiger partial charge on any atom is 0.295 e. The molecule has 0 fully saturated rings. The van der Waals surface area contributed by atoms with Gasteiger partial charge >= 0.3 is 0 Å². The Morgan fingerprint density at radius 1 is 0.933 bits per heavy atom. The largest absolute Gasteiger partial charge is 0.493 e. The lowest BCUT2D eigenvalue weighted by Crippen LogP contribution is -2.11. The smallest absolute Gasteiger partial charge is 0.295 e. The minimum atomic E-state index is -0.560. The van der Waals surface area contributed by atoms with E-state index >= 15 is 0 Å². The van der Waals surface area contributed by atoms with Crippen LogP contribution in [-0.2, 0) is 0 Å². The lowest BCUT2D eigenvalue weighted by atomic mass is 10.2. The molecule has 0 radical (unpaired) electrons. The Morgan fingerprint density at radius 2 is 1.67 bits per heavy atom. The van der Waals surface area contributed by atoms with Gasteiger partial charge in [0.2, 0.25) is 5.88 Å². The van der Waals surface area contributed by atoms with Gasteiger partial charge < -0.3 is 15.4 Å². The molecule has 0 aliphatic heterocycles. The van der Waals surface area contributed by atoms with Crippen LogP contribution in [0.5, 0.6) is 5.88 Å². The molecule has 30 heavy (non-hydrogen) atoms. The maximum atomic E-state index is 12.4. The van der Waals surface area contributed by atoms with Gasteiger partial charge in [0.25, 0.3) is 11.8 Å². The van der Waals surface area contributed by atoms with Crippen LogP contribution in [0.4, 0.5) is 11.4 Å². The predicted molar refractivity (Wildman–Crippen MR) is 122 cm³/mol. The summed E-state index contributed by atoms with van der Waals surface area (Å²) in [6.07, 6.45) is 0. The van der Waals surface area contributed by atoms with E-state index in [1.54, 1.807) is 48.5 Å². The van der Waals surface area contributed by atoms with Gasteiger partial charge in [0, 0.05) is 25.8 Å². The molecule has 0 aliphatic carbocycles. The summed E-state index contributed by atoms with van der Waals surface area (Å²) in [7, 11) is 0. The second kappa shape index (κ2) is 8.46. The Morgan fingerprint density at radius 3 is 2.40 bits per heavy atom. The number of nitrogens with zero attached hydrogens (tertiary/aromatic N) is 2. The first-order valence-electron chi connectivity index (χ1n) is 8.94. The quantitative estimate of drug-likeness (QED) is 0.244. The SMILES string of the molecule is O=C(N=Nc1c(O)[nH]c2ccc(I)cc12)c1ccc(NC(=O)c2ccccc2)cc1. The molecule has 8 heteroatoms. The van der Waals surface area contributed by atoms with Crippen molar-refractivity contribution < 1.29 is 14.7 Å². The van der Waals surface area contributed by atoms with Crippen LogP contribution in [0.3, 0.4) is 0 Å². The molecular formula is C22H15IN4O3. The van der Waals surface area contributed by atoms with Crippen LogP contribution in [0.1, 0.15) is 20.7 Å². The van der Waals surface area contributed by atoms with Crippen LogP contribution < -0.4 is 5.32 Å². The summed E-state index contributed by atoms with van der Waals surface area (Å²) in [6, 6.07) is 20.7. The van der Waals surface area contributed by atoms with Crippen molar-refractivity contribution in [3.8, 4) is 5.88 Å². The van der Waals surface area contributed by atoms with E-state index in [9.17, 15) is 14.7 Å². The van der Waals surface area contributed by atoms with E-state index in [2.05, 4.69) is 43.1 Å². The molecule has 0 spiro atoms. The Bertz CT molecular complexity index is 1270. The van der Waals surface area contributed by atoms with Gasteiger partial charge in [-0.2, -0.15) is 0 Å². The van der Waals surface area contributed by atoms with Crippen molar-refractivity contribution in [2.45, 2.75) is 0 Å². The zero-order chi connectivity index (χ0) is 21.1. The molecule has 4 rings (SSSR count). The zero-order valence-corrected chi connectivity index (χ0v) is 17.6. The van der Waals surface area contributed by atoms with Crippen molar-refractivity contribution in [2.24, 2.45) is 10.2 Å². The first-order chi connectivity index (χ1) is 14.5. The van der Waals surface area contributed by atoms with Gasteiger partial charge in [-0.1, -0.05) is 18.2 Å². The molecule has 2 amide bonds. The number of aromatic nitrogens is 1. The molecule has 1 heterocycles. The average molecular weight is 510 g/mol. The van der Waals surface area contributed by atoms with E-state index in [4.69, 9.17) is 0 Å². The fourth-order valence-electron chi connectivity index (χ4n) is 2.88. The topological polar surface area (TPSA) is 107 Å². The number of nitrogens with one attached hydrogen (secondary N) is 2. The van der Waals surface area contributed by atoms with Gasteiger partial charge in [-0.25, -0.2) is 0 Å². The first kappa shape index (κ1) is 19.8. The van der Waals surface area contributed by atoms with E-state index in [0.29, 0.717) is 27.7 Å². The second-order valence-electron chi connectivity index (χ2n) is 6.41. The summed E-state index contributed by atoms with van der Waals surface area (Å²) in [5, 5.41) is 21.2. The summed E-state index contributed by atoms with van der Waals surface area (Å²) in [5.74, 6) is -0.948. The number of carbonyl (C=O) groups excluding carboxylic acids is 2. The molecule has 4 aromatic rings. The minimum Gasteiger partial charge on any atom is -0.493 e. The summed E-state index contributed by atoms with van der Waals surface area (Å²) in [5.41, 5.74) is 2.32. The fraction of sp³-hybridized carbons (Fsp3) is 0. The van der Waals surface area contributed by atoms with Gasteiger partial charge in [0.05, 0.1) is 5.52 Å². The Hall–Kier alpha value is -3.53. The maximum absolute atomic E-state index is 12.4. The third-order valence-corrected chi connectivity index (χ3v) is 5.05. The first-order valence-corrected chi connectivity index (χ1v) is 10.0. The number of hydrogen-bond acceptors (Lipinski definition) is 4. The van der Waals surface area contributed by atoms with Crippen LogP contribution in [-0.4, -0.2) is 21.9 Å². The van der Waals surface area contributed by atoms with E-state index in [0.717, 1.165) is 3.57 Å². The number of anilines is 1. The Kier molecular flexibility index (Phi) is 5.57. The lowest BCUT2D eigenvalue weighted by Gasteiger charge is -2.05. The van der Waals surface area contributed by atoms with Crippen molar-refractivity contribution >= 4 is 56.7 Å². The summed E-state index contributed by atoms with van der Waals surface area (Å²) >= 11 is 2.16. The van der Waals surface area contributed by atoms with Crippen LogP contribution >= 0.6 is 22.6 Å². The predicted octanol–water partition coefficient (Wildman–Crippen LogP) is 5.65. The molecule has 0 unspecified atom stereocenters. The van der Waals surface area contributed by atoms with Crippen molar-refractivity contribution in [2.75, 3.05) is 5.32 Å². The highest BCUT2D eigenvalue weighted by Gasteiger charge is 2.12. The Balaban J connectivity index is 1.49. The van der Waals surface area contributed by atoms with E-state index in [1.807, 2.05) is 24.3 Å². The van der Waals surface area contributed by atoms with Crippen LogP contribution in [0.2, 0.25) is 0 Å². The standard InChI is InChI=1S/C22H15IN4O3/c23-15-8-11-18-17(12-15)19(22(30)25-18)26-27-21(29)14-6-9-16(10-7-14)24-20(28)13-4-2-1-3-5-13/h1-12,25,30H,(H,24,28). The highest BCUT2D eigenvalue weighted by Crippen LogP contribution is 2.36. The normalized spacial score (nSPS) is 11.1. The zero-order valence-electron chi connectivity index (χ0n) is 15.5. The number of rotatable bonds is 4. The van der Waals surface area contributed by atoms with Crippen molar-refractivity contribution in [1.82, 2.24) is 4.98 Å². The number of halogens is 1. The van der Waals surface area contributed by atoms with Crippen molar-refractivity contribution in [3.63, 3.8) is 0 Å². The minimum absolute atomic E-state index is 0.150. The van der Waals surface area contributed by atoms with Gasteiger partial charge in [0.1, 0.15) is 0 Å². The molecular weight excluding hydrogens is 495 g/mol. The molecule has 1 aromatic heterocycles. The van der Waals surface area contributed by atoms with E-state index < -0.39 is 5.91 Å². The molecule has 0 saturated heterocycles.